The average molecular weight is 508 g/mol. The van der Waals surface area contributed by atoms with Gasteiger partial charge in [-0.15, -0.1) is 23.1 Å². The van der Waals surface area contributed by atoms with E-state index in [1.807, 2.05) is 0 Å². The van der Waals surface area contributed by atoms with Crippen LogP contribution < -0.4 is 11.1 Å². The number of nitrogens with two attached hydrogens (primary N) is 1. The van der Waals surface area contributed by atoms with Gasteiger partial charge in [0.1, 0.15) is 29.9 Å². The molecule has 0 unspecified atom stereocenters. The topological polar surface area (TPSA) is 173 Å². The van der Waals surface area contributed by atoms with Gasteiger partial charge in [-0.3, -0.25) is 14.5 Å². The van der Waals surface area contributed by atoms with E-state index < -0.39 is 29.2 Å². The Bertz CT molecular complexity index is 1150. The molecule has 0 aromatic carbocycles. The van der Waals surface area contributed by atoms with Gasteiger partial charge in [0.05, 0.1) is 0 Å². The summed E-state index contributed by atoms with van der Waals surface area (Å²) in [5, 5.41) is 17.8. The summed E-state index contributed by atoms with van der Waals surface area (Å²) >= 11 is 3.78. The van der Waals surface area contributed by atoms with Gasteiger partial charge >= 0.3 is 5.97 Å². The van der Waals surface area contributed by atoms with Gasteiger partial charge in [-0.05, 0) is 11.6 Å². The maximum absolute atomic E-state index is 12.9. The summed E-state index contributed by atoms with van der Waals surface area (Å²) in [5.74, 6) is -1.70. The van der Waals surface area contributed by atoms with Crippen LogP contribution in [0.1, 0.15) is 5.69 Å². The molecule has 2 aliphatic rings. The number of fused-ring (bicyclic) bond motifs is 1. The van der Waals surface area contributed by atoms with Crippen molar-refractivity contribution in [3.63, 3.8) is 0 Å². The number of aromatic nitrogens is 3. The Balaban J connectivity index is 1.49. The molecule has 2 aliphatic heterocycles. The lowest BCUT2D eigenvalue weighted by Gasteiger charge is -2.49. The van der Waals surface area contributed by atoms with Crippen molar-refractivity contribution in [1.82, 2.24) is 25.2 Å². The van der Waals surface area contributed by atoms with Crippen LogP contribution in [0, 0.1) is 0 Å². The van der Waals surface area contributed by atoms with Gasteiger partial charge in [-0.1, -0.05) is 16.9 Å². The first-order chi connectivity index (χ1) is 15.9. The van der Waals surface area contributed by atoms with Gasteiger partial charge < -0.3 is 21.0 Å². The van der Waals surface area contributed by atoms with Crippen molar-refractivity contribution in [3.8, 4) is 0 Å². The van der Waals surface area contributed by atoms with Crippen LogP contribution in [0.3, 0.4) is 0 Å². The van der Waals surface area contributed by atoms with Crippen molar-refractivity contribution in [1.29, 1.82) is 0 Å². The van der Waals surface area contributed by atoms with Crippen LogP contribution in [-0.4, -0.2) is 78.5 Å². The van der Waals surface area contributed by atoms with E-state index in [4.69, 9.17) is 10.6 Å². The van der Waals surface area contributed by atoms with E-state index in [1.165, 1.54) is 35.5 Å². The zero-order chi connectivity index (χ0) is 23.5. The number of thiazole rings is 1. The average Bonchev–Trinajstić information content (AvgIpc) is 3.25. The molecule has 0 saturated carbocycles. The SMILES string of the molecule is CON=C(C(=O)N[C@@H]1C(=O)N2C(C(=O)O)=C(CSc3ncccn3)CS[C@@H]12)c1csc(N)n1. The Hall–Kier alpha value is -3.17. The number of nitrogens with zero attached hydrogens (tertiary/aromatic N) is 5. The van der Waals surface area contributed by atoms with Crippen molar-refractivity contribution >= 4 is 63.5 Å². The quantitative estimate of drug-likeness (QED) is 0.148. The maximum atomic E-state index is 12.9. The Kier molecular flexibility index (Phi) is 6.80. The largest absolute Gasteiger partial charge is 0.477 e. The number of hydrogen-bond acceptors (Lipinski definition) is 12. The number of nitrogens with one attached hydrogen (secondary N) is 1. The Labute approximate surface area is 199 Å². The highest BCUT2D eigenvalue weighted by molar-refractivity contribution is 8.01. The number of carboxylic acid groups (broad SMARTS) is 1. The molecule has 172 valence electrons. The van der Waals surface area contributed by atoms with Crippen molar-refractivity contribution in [3.05, 3.63) is 40.8 Å². The van der Waals surface area contributed by atoms with Gasteiger partial charge in [-0.2, -0.15) is 0 Å². The number of anilines is 1. The number of thioether (sulfide) groups is 2. The minimum atomic E-state index is -1.21. The first-order valence-electron chi connectivity index (χ1n) is 9.34. The highest BCUT2D eigenvalue weighted by Gasteiger charge is 2.54. The number of aliphatic carboxylic acids is 1. The fourth-order valence-corrected chi connectivity index (χ4v) is 6.04. The monoisotopic (exact) mass is 507 g/mol. The molecular weight excluding hydrogens is 490 g/mol. The first-order valence-corrected chi connectivity index (χ1v) is 12.2. The van der Waals surface area contributed by atoms with Gasteiger partial charge in [0, 0.05) is 29.3 Å². The lowest BCUT2D eigenvalue weighted by molar-refractivity contribution is -0.150. The molecule has 0 radical (unpaired) electrons. The first kappa shape index (κ1) is 23.0. The highest BCUT2D eigenvalue weighted by Crippen LogP contribution is 2.41. The zero-order valence-corrected chi connectivity index (χ0v) is 19.4. The Morgan fingerprint density at radius 2 is 2.18 bits per heavy atom. The second kappa shape index (κ2) is 9.76. The predicted octanol–water partition coefficient (Wildman–Crippen LogP) is 0.397. The molecule has 12 nitrogen and oxygen atoms in total. The summed E-state index contributed by atoms with van der Waals surface area (Å²) in [7, 11) is 1.28. The summed E-state index contributed by atoms with van der Waals surface area (Å²) < 4.78 is 0. The van der Waals surface area contributed by atoms with Gasteiger partial charge in [0.2, 0.25) is 0 Å². The fraction of sp³-hybridized carbons (Fsp3) is 0.278. The normalized spacial score (nSPS) is 20.2. The molecule has 0 spiro atoms. The molecule has 2 amide bonds. The van der Waals surface area contributed by atoms with Crippen LogP contribution >= 0.6 is 34.9 Å². The predicted molar refractivity (Wildman–Crippen MR) is 123 cm³/mol. The molecule has 4 N–H and O–H groups in total. The number of carbonyl (C=O) groups is 3. The molecule has 15 heteroatoms. The third-order valence-electron chi connectivity index (χ3n) is 4.62. The van der Waals surface area contributed by atoms with E-state index in [1.54, 1.807) is 23.8 Å². The summed E-state index contributed by atoms with van der Waals surface area (Å²) in [4.78, 5) is 55.8. The van der Waals surface area contributed by atoms with Crippen LogP contribution in [0.15, 0.2) is 45.4 Å². The molecule has 0 aliphatic carbocycles. The van der Waals surface area contributed by atoms with E-state index in [9.17, 15) is 19.5 Å². The van der Waals surface area contributed by atoms with Crippen molar-refractivity contribution in [2.75, 3.05) is 24.3 Å². The summed E-state index contributed by atoms with van der Waals surface area (Å²) in [5.41, 5.74) is 6.21. The second-order valence-corrected chi connectivity index (χ2v) is 9.57. The number of carboxylic acids is 1. The molecule has 1 fully saturated rings. The standard InChI is InChI=1S/C18H17N7O5S3/c1-30-24-10(9-7-32-17(19)22-9)13(26)23-11-14(27)25-12(16(28)29)8(5-31-15(11)25)6-33-18-20-3-2-4-21-18/h2-4,7,11,15H,5-6H2,1H3,(H2,19,22)(H,23,26)(H,28,29)/t11-,15+/m1/s1. The molecule has 4 heterocycles. The Morgan fingerprint density at radius 1 is 1.42 bits per heavy atom. The van der Waals surface area contributed by atoms with E-state index in [-0.39, 0.29) is 22.2 Å². The minimum Gasteiger partial charge on any atom is -0.477 e. The van der Waals surface area contributed by atoms with E-state index >= 15 is 0 Å². The Morgan fingerprint density at radius 3 is 2.82 bits per heavy atom. The third kappa shape index (κ3) is 4.65. The minimum absolute atomic E-state index is 0.0734. The molecule has 0 bridgehead atoms. The van der Waals surface area contributed by atoms with Crippen LogP contribution in [0.5, 0.6) is 0 Å². The van der Waals surface area contributed by atoms with E-state index in [2.05, 4.69) is 25.4 Å². The number of β-lactam (4-membered cyclic amide) rings is 1. The number of oxime groups is 1. The van der Waals surface area contributed by atoms with Crippen LogP contribution in [0.2, 0.25) is 0 Å². The number of amides is 2. The number of carbonyl (C=O) groups excluding carboxylic acids is 2. The molecule has 33 heavy (non-hydrogen) atoms. The van der Waals surface area contributed by atoms with E-state index in [0.29, 0.717) is 22.2 Å². The van der Waals surface area contributed by atoms with Crippen molar-refractivity contribution in [2.45, 2.75) is 16.6 Å². The maximum Gasteiger partial charge on any atom is 0.352 e. The van der Waals surface area contributed by atoms with Gasteiger partial charge in [0.15, 0.2) is 16.0 Å². The fourth-order valence-electron chi connectivity index (χ4n) is 3.21. The zero-order valence-electron chi connectivity index (χ0n) is 17.0. The third-order valence-corrected chi connectivity index (χ3v) is 7.59. The number of nitrogen functional groups attached to an aromatic ring is 1. The molecule has 2 aromatic rings. The molecular formula is C18H17N7O5S3. The van der Waals surface area contributed by atoms with Crippen LogP contribution in [-0.2, 0) is 19.2 Å². The lowest BCUT2D eigenvalue weighted by Crippen LogP contribution is -2.71. The molecule has 4 rings (SSSR count). The van der Waals surface area contributed by atoms with Crippen LogP contribution in [0.25, 0.3) is 0 Å². The van der Waals surface area contributed by atoms with Crippen molar-refractivity contribution in [2.24, 2.45) is 5.16 Å². The summed E-state index contributed by atoms with van der Waals surface area (Å²) in [6.07, 6.45) is 3.20. The molecule has 2 atom stereocenters. The number of rotatable bonds is 8. The summed E-state index contributed by atoms with van der Waals surface area (Å²) in [6, 6.07) is 0.772. The van der Waals surface area contributed by atoms with Crippen molar-refractivity contribution < 1.29 is 24.3 Å². The van der Waals surface area contributed by atoms with E-state index in [0.717, 1.165) is 11.3 Å². The van der Waals surface area contributed by atoms with Gasteiger partial charge in [0.25, 0.3) is 11.8 Å². The number of hydrogen-bond donors (Lipinski definition) is 3. The molecule has 1 saturated heterocycles. The van der Waals surface area contributed by atoms with Gasteiger partial charge in [-0.25, -0.2) is 19.7 Å². The second-order valence-electron chi connectivity index (χ2n) is 6.63. The lowest BCUT2D eigenvalue weighted by atomic mass is 10.0. The molecule has 2 aromatic heterocycles. The van der Waals surface area contributed by atoms with Crippen LogP contribution in [0.4, 0.5) is 5.13 Å². The summed E-state index contributed by atoms with van der Waals surface area (Å²) in [6.45, 7) is 0. The smallest absolute Gasteiger partial charge is 0.352 e. The highest BCUT2D eigenvalue weighted by atomic mass is 32.2.